The summed E-state index contributed by atoms with van der Waals surface area (Å²) in [6.07, 6.45) is 0.533. The first-order valence-corrected chi connectivity index (χ1v) is 4.30. The lowest BCUT2D eigenvalue weighted by atomic mass is 10.2. The van der Waals surface area contributed by atoms with E-state index < -0.39 is 6.61 Å². The molecule has 1 aromatic rings. The molecule has 1 rings (SSSR count). The van der Waals surface area contributed by atoms with Gasteiger partial charge < -0.3 is 10.5 Å². The number of hydrogen-bond donors (Lipinski definition) is 1. The van der Waals surface area contributed by atoms with E-state index in [9.17, 15) is 8.78 Å². The van der Waals surface area contributed by atoms with E-state index in [1.807, 2.05) is 30.3 Å². The van der Waals surface area contributed by atoms with E-state index in [0.29, 0.717) is 6.42 Å². The van der Waals surface area contributed by atoms with E-state index in [1.165, 1.54) is 7.05 Å². The molecule has 0 unspecified atom stereocenters. The van der Waals surface area contributed by atoms with Gasteiger partial charge in [0.05, 0.1) is 6.61 Å². The molecule has 0 fully saturated rings. The zero-order chi connectivity index (χ0) is 10.8. The Morgan fingerprint density at radius 3 is 2.29 bits per heavy atom. The molecule has 0 aliphatic heterocycles. The van der Waals surface area contributed by atoms with Crippen LogP contribution in [0.4, 0.5) is 8.78 Å². The van der Waals surface area contributed by atoms with Crippen molar-refractivity contribution < 1.29 is 13.5 Å². The van der Waals surface area contributed by atoms with Crippen molar-refractivity contribution in [2.75, 3.05) is 13.7 Å². The maximum Gasteiger partial charge on any atom is 0.345 e. The molecule has 2 nitrogen and oxygen atoms in total. The third-order valence-electron chi connectivity index (χ3n) is 1.48. The van der Waals surface area contributed by atoms with Crippen LogP contribution in [0.2, 0.25) is 0 Å². The van der Waals surface area contributed by atoms with Crippen molar-refractivity contribution in [3.05, 3.63) is 35.9 Å². The molecular weight excluding hydrogens is 188 g/mol. The molecule has 0 aliphatic rings. The maximum absolute atomic E-state index is 11.5. The Hall–Kier alpha value is -1.00. The van der Waals surface area contributed by atoms with Gasteiger partial charge in [-0.05, 0) is 19.0 Å². The normalized spacial score (nSPS) is 9.50. The molecule has 0 spiro atoms. The maximum atomic E-state index is 11.5. The summed E-state index contributed by atoms with van der Waals surface area (Å²) in [5, 5.41) is 0. The highest BCUT2D eigenvalue weighted by molar-refractivity contribution is 5.14. The van der Waals surface area contributed by atoms with Gasteiger partial charge in [0.1, 0.15) is 0 Å². The Bertz CT molecular complexity index is 217. The van der Waals surface area contributed by atoms with Crippen molar-refractivity contribution in [3.8, 4) is 0 Å². The molecule has 0 aromatic heterocycles. The predicted octanol–water partition coefficient (Wildman–Crippen LogP) is 2.04. The minimum absolute atomic E-state index is 0.0711. The van der Waals surface area contributed by atoms with Crippen LogP contribution in [0, 0.1) is 0 Å². The second-order valence-electron chi connectivity index (χ2n) is 2.37. The average molecular weight is 203 g/mol. The smallest absolute Gasteiger partial charge is 0.333 e. The van der Waals surface area contributed by atoms with E-state index in [4.69, 9.17) is 0 Å². The lowest BCUT2D eigenvalue weighted by molar-refractivity contribution is -0.127. The van der Waals surface area contributed by atoms with Gasteiger partial charge in [-0.1, -0.05) is 30.3 Å². The number of nitrogens with two attached hydrogens (primary N) is 1. The Balaban J connectivity index is 0.000000791. The van der Waals surface area contributed by atoms with E-state index in [-0.39, 0.29) is 6.61 Å². The molecule has 14 heavy (non-hydrogen) atoms. The first-order valence-electron chi connectivity index (χ1n) is 4.30. The summed E-state index contributed by atoms with van der Waals surface area (Å²) >= 11 is 0. The minimum Gasteiger partial charge on any atom is -0.333 e. The molecule has 0 saturated carbocycles. The van der Waals surface area contributed by atoms with Gasteiger partial charge in [0.2, 0.25) is 0 Å². The predicted molar refractivity (Wildman–Crippen MR) is 52.2 cm³/mol. The Morgan fingerprint density at radius 2 is 1.79 bits per heavy atom. The average Bonchev–Trinajstić information content (AvgIpc) is 2.22. The molecule has 0 amide bonds. The van der Waals surface area contributed by atoms with Crippen LogP contribution in [0.25, 0.3) is 0 Å². The van der Waals surface area contributed by atoms with Crippen molar-refractivity contribution in [1.82, 2.24) is 0 Å². The number of hydrogen-bond acceptors (Lipinski definition) is 2. The highest BCUT2D eigenvalue weighted by atomic mass is 19.3. The molecule has 0 radical (unpaired) electrons. The van der Waals surface area contributed by atoms with Gasteiger partial charge in [-0.25, -0.2) is 0 Å². The molecule has 4 heteroatoms. The Morgan fingerprint density at radius 1 is 1.21 bits per heavy atom. The molecule has 1 aromatic carbocycles. The number of alkyl halides is 2. The summed E-state index contributed by atoms with van der Waals surface area (Å²) in [7, 11) is 1.50. The summed E-state index contributed by atoms with van der Waals surface area (Å²) < 4.78 is 27.1. The van der Waals surface area contributed by atoms with Gasteiger partial charge in [-0.15, -0.1) is 0 Å². The van der Waals surface area contributed by atoms with Crippen molar-refractivity contribution in [3.63, 3.8) is 0 Å². The van der Waals surface area contributed by atoms with Crippen molar-refractivity contribution >= 4 is 0 Å². The van der Waals surface area contributed by atoms with Crippen LogP contribution < -0.4 is 5.73 Å². The second-order valence-corrected chi connectivity index (χ2v) is 2.37. The van der Waals surface area contributed by atoms with Crippen molar-refractivity contribution in [2.45, 2.75) is 13.0 Å². The number of ether oxygens (including phenoxy) is 1. The first-order chi connectivity index (χ1) is 6.79. The lowest BCUT2D eigenvalue weighted by Gasteiger charge is -2.01. The molecule has 0 aliphatic carbocycles. The van der Waals surface area contributed by atoms with Gasteiger partial charge >= 0.3 is 6.61 Å². The number of benzene rings is 1. The molecule has 0 saturated heterocycles. The molecule has 0 atom stereocenters. The third-order valence-corrected chi connectivity index (χ3v) is 1.48. The molecule has 2 N–H and O–H groups in total. The fourth-order valence-corrected chi connectivity index (χ4v) is 0.911. The van der Waals surface area contributed by atoms with Crippen LogP contribution in [0.5, 0.6) is 0 Å². The Kier molecular flexibility index (Phi) is 7.98. The van der Waals surface area contributed by atoms with E-state index >= 15 is 0 Å². The molecule has 0 bridgehead atoms. The van der Waals surface area contributed by atoms with Crippen LogP contribution >= 0.6 is 0 Å². The van der Waals surface area contributed by atoms with Gasteiger partial charge in [0, 0.05) is 0 Å². The van der Waals surface area contributed by atoms with Gasteiger partial charge in [-0.3, -0.25) is 0 Å². The number of halogens is 2. The standard InChI is InChI=1S/C9H10F2O.CH5N/c10-9(11)12-7-6-8-4-2-1-3-5-8;1-2/h1-5,9H,6-7H2;2H2,1H3. The van der Waals surface area contributed by atoms with Crippen LogP contribution in [0.15, 0.2) is 30.3 Å². The van der Waals surface area contributed by atoms with E-state index in [1.54, 1.807) is 0 Å². The number of rotatable bonds is 4. The molecular formula is C10H15F2NO. The highest BCUT2D eigenvalue weighted by Crippen LogP contribution is 2.01. The molecule has 80 valence electrons. The van der Waals surface area contributed by atoms with Gasteiger partial charge in [0.15, 0.2) is 0 Å². The van der Waals surface area contributed by atoms with Crippen molar-refractivity contribution in [2.24, 2.45) is 5.73 Å². The fraction of sp³-hybridized carbons (Fsp3) is 0.400. The summed E-state index contributed by atoms with van der Waals surface area (Å²) in [5.74, 6) is 0. The fourth-order valence-electron chi connectivity index (χ4n) is 0.911. The highest BCUT2D eigenvalue weighted by Gasteiger charge is 2.00. The zero-order valence-corrected chi connectivity index (χ0v) is 8.12. The summed E-state index contributed by atoms with van der Waals surface area (Å²) in [4.78, 5) is 0. The quantitative estimate of drug-likeness (QED) is 0.812. The van der Waals surface area contributed by atoms with Crippen molar-refractivity contribution in [1.29, 1.82) is 0 Å². The zero-order valence-electron chi connectivity index (χ0n) is 8.12. The van der Waals surface area contributed by atoms with E-state index in [0.717, 1.165) is 5.56 Å². The van der Waals surface area contributed by atoms with E-state index in [2.05, 4.69) is 10.5 Å². The first kappa shape index (κ1) is 13.0. The summed E-state index contributed by atoms with van der Waals surface area (Å²) in [6, 6.07) is 9.40. The van der Waals surface area contributed by atoms with Crippen LogP contribution in [0.1, 0.15) is 5.56 Å². The summed E-state index contributed by atoms with van der Waals surface area (Å²) in [6.45, 7) is -2.59. The Labute approximate surface area is 82.7 Å². The van der Waals surface area contributed by atoms with Gasteiger partial charge in [0.25, 0.3) is 0 Å². The van der Waals surface area contributed by atoms with Gasteiger partial charge in [-0.2, -0.15) is 8.78 Å². The summed E-state index contributed by atoms with van der Waals surface area (Å²) in [5.41, 5.74) is 5.51. The minimum atomic E-state index is -2.66. The SMILES string of the molecule is CN.FC(F)OCCc1ccccc1. The monoisotopic (exact) mass is 203 g/mol. The second kappa shape index (κ2) is 8.59. The van der Waals surface area contributed by atoms with Crippen LogP contribution in [-0.2, 0) is 11.2 Å². The van der Waals surface area contributed by atoms with Crippen LogP contribution in [0.3, 0.4) is 0 Å². The topological polar surface area (TPSA) is 35.2 Å². The molecule has 0 heterocycles. The largest absolute Gasteiger partial charge is 0.345 e. The van der Waals surface area contributed by atoms with Crippen LogP contribution in [-0.4, -0.2) is 20.3 Å². The third kappa shape index (κ3) is 6.51. The lowest BCUT2D eigenvalue weighted by Crippen LogP contribution is -2.03.